The summed E-state index contributed by atoms with van der Waals surface area (Å²) in [4.78, 5) is 2.40. The molecule has 2 nitrogen and oxygen atoms in total. The van der Waals surface area contributed by atoms with Gasteiger partial charge in [-0.1, -0.05) is 6.42 Å². The molecule has 1 aromatic heterocycles. The molecule has 14 heavy (non-hydrogen) atoms. The van der Waals surface area contributed by atoms with E-state index in [0.717, 1.165) is 6.54 Å². The van der Waals surface area contributed by atoms with Crippen molar-refractivity contribution >= 4 is 11.3 Å². The van der Waals surface area contributed by atoms with Gasteiger partial charge in [-0.2, -0.15) is 11.3 Å². The van der Waals surface area contributed by atoms with E-state index >= 15 is 0 Å². The first-order valence-corrected chi connectivity index (χ1v) is 6.18. The normalized spacial score (nSPS) is 27.4. The molecule has 0 saturated heterocycles. The van der Waals surface area contributed by atoms with Crippen LogP contribution in [0.5, 0.6) is 0 Å². The fourth-order valence-electron chi connectivity index (χ4n) is 2.30. The van der Waals surface area contributed by atoms with E-state index in [1.165, 1.54) is 24.8 Å². The first-order valence-electron chi connectivity index (χ1n) is 5.24. The van der Waals surface area contributed by atoms with Gasteiger partial charge in [0.25, 0.3) is 0 Å². The van der Waals surface area contributed by atoms with E-state index in [9.17, 15) is 0 Å². The molecule has 0 radical (unpaired) electrons. The minimum absolute atomic E-state index is 0.388. The highest BCUT2D eigenvalue weighted by Crippen LogP contribution is 2.23. The van der Waals surface area contributed by atoms with Gasteiger partial charge in [0.15, 0.2) is 0 Å². The van der Waals surface area contributed by atoms with Gasteiger partial charge >= 0.3 is 0 Å². The summed E-state index contributed by atoms with van der Waals surface area (Å²) in [6, 6.07) is 3.18. The molecule has 3 heteroatoms. The Balaban J connectivity index is 1.92. The van der Waals surface area contributed by atoms with E-state index in [-0.39, 0.29) is 0 Å². The van der Waals surface area contributed by atoms with Gasteiger partial charge in [-0.15, -0.1) is 0 Å². The number of hydrogen-bond acceptors (Lipinski definition) is 3. The van der Waals surface area contributed by atoms with Crippen LogP contribution in [-0.2, 0) is 6.54 Å². The number of nitrogens with two attached hydrogens (primary N) is 1. The van der Waals surface area contributed by atoms with Crippen LogP contribution in [0.25, 0.3) is 0 Å². The molecular formula is C11H18N2S. The lowest BCUT2D eigenvalue weighted by Crippen LogP contribution is -2.41. The molecule has 0 aromatic carbocycles. The van der Waals surface area contributed by atoms with Crippen LogP contribution in [0.1, 0.15) is 24.8 Å². The lowest BCUT2D eigenvalue weighted by atomic mass is 10.1. The van der Waals surface area contributed by atoms with E-state index in [4.69, 9.17) is 5.73 Å². The fourth-order valence-corrected chi connectivity index (χ4v) is 2.96. The van der Waals surface area contributed by atoms with E-state index in [1.807, 2.05) is 0 Å². The molecule has 2 rings (SSSR count). The van der Waals surface area contributed by atoms with Crippen molar-refractivity contribution in [2.75, 3.05) is 7.05 Å². The summed E-state index contributed by atoms with van der Waals surface area (Å²) >= 11 is 1.77. The van der Waals surface area contributed by atoms with Crippen LogP contribution in [0.15, 0.2) is 16.8 Å². The average Bonchev–Trinajstić information content (AvgIpc) is 2.75. The Bertz CT molecular complexity index is 271. The minimum atomic E-state index is 0.388. The van der Waals surface area contributed by atoms with Crippen LogP contribution < -0.4 is 5.73 Å². The van der Waals surface area contributed by atoms with Crippen molar-refractivity contribution in [2.45, 2.75) is 37.9 Å². The van der Waals surface area contributed by atoms with Gasteiger partial charge in [0.2, 0.25) is 0 Å². The smallest absolute Gasteiger partial charge is 0.0247 e. The number of rotatable bonds is 3. The summed E-state index contributed by atoms with van der Waals surface area (Å²) in [5.74, 6) is 0. The summed E-state index contributed by atoms with van der Waals surface area (Å²) in [7, 11) is 2.19. The summed E-state index contributed by atoms with van der Waals surface area (Å²) in [5, 5.41) is 4.36. The highest BCUT2D eigenvalue weighted by Gasteiger charge is 2.27. The van der Waals surface area contributed by atoms with Crippen LogP contribution in [0.4, 0.5) is 0 Å². The Labute approximate surface area is 89.7 Å². The molecule has 0 spiro atoms. The maximum Gasteiger partial charge on any atom is 0.0247 e. The summed E-state index contributed by atoms with van der Waals surface area (Å²) in [6.07, 6.45) is 3.75. The second kappa shape index (κ2) is 4.43. The topological polar surface area (TPSA) is 29.3 Å². The van der Waals surface area contributed by atoms with Gasteiger partial charge in [-0.05, 0) is 42.3 Å². The highest BCUT2D eigenvalue weighted by atomic mass is 32.1. The molecule has 1 fully saturated rings. The molecule has 0 aliphatic heterocycles. The second-order valence-corrected chi connectivity index (χ2v) is 4.99. The third kappa shape index (κ3) is 2.16. The molecule has 1 aromatic rings. The maximum absolute atomic E-state index is 6.07. The molecule has 1 aliphatic carbocycles. The molecule has 1 heterocycles. The van der Waals surface area contributed by atoms with Crippen molar-refractivity contribution in [3.05, 3.63) is 22.4 Å². The van der Waals surface area contributed by atoms with Gasteiger partial charge in [0.1, 0.15) is 0 Å². The van der Waals surface area contributed by atoms with Crippen LogP contribution in [0, 0.1) is 0 Å². The SMILES string of the molecule is CN(Cc1ccsc1)C1CCCC1N. The second-order valence-electron chi connectivity index (χ2n) is 4.21. The predicted molar refractivity (Wildman–Crippen MR) is 61.4 cm³/mol. The van der Waals surface area contributed by atoms with E-state index < -0.39 is 0 Å². The molecule has 0 amide bonds. The average molecular weight is 210 g/mol. The van der Waals surface area contributed by atoms with E-state index in [1.54, 1.807) is 11.3 Å². The summed E-state index contributed by atoms with van der Waals surface area (Å²) < 4.78 is 0. The Hall–Kier alpha value is -0.380. The fraction of sp³-hybridized carbons (Fsp3) is 0.636. The molecule has 2 unspecified atom stereocenters. The molecule has 78 valence electrons. The summed E-state index contributed by atoms with van der Waals surface area (Å²) in [6.45, 7) is 1.04. The molecule has 1 saturated carbocycles. The van der Waals surface area contributed by atoms with Crippen LogP contribution >= 0.6 is 11.3 Å². The zero-order valence-electron chi connectivity index (χ0n) is 8.65. The van der Waals surface area contributed by atoms with Crippen molar-refractivity contribution in [3.8, 4) is 0 Å². The van der Waals surface area contributed by atoms with E-state index in [0.29, 0.717) is 12.1 Å². The number of likely N-dealkylation sites (N-methyl/N-ethyl adjacent to an activating group) is 1. The number of hydrogen-bond donors (Lipinski definition) is 1. The van der Waals surface area contributed by atoms with Gasteiger partial charge in [-0.25, -0.2) is 0 Å². The van der Waals surface area contributed by atoms with E-state index in [2.05, 4.69) is 28.8 Å². The van der Waals surface area contributed by atoms with Gasteiger partial charge in [0, 0.05) is 18.6 Å². The molecule has 0 bridgehead atoms. The first kappa shape index (κ1) is 10.1. The Morgan fingerprint density at radius 1 is 1.57 bits per heavy atom. The van der Waals surface area contributed by atoms with Crippen molar-refractivity contribution in [3.63, 3.8) is 0 Å². The number of thiophene rings is 1. The standard InChI is InChI=1S/C11H18N2S/c1-13(7-9-5-6-14-8-9)11-4-2-3-10(11)12/h5-6,8,10-11H,2-4,7,12H2,1H3. The maximum atomic E-state index is 6.07. The van der Waals surface area contributed by atoms with Crippen molar-refractivity contribution in [1.82, 2.24) is 4.90 Å². The van der Waals surface area contributed by atoms with Crippen LogP contribution in [0.3, 0.4) is 0 Å². The summed E-state index contributed by atoms with van der Waals surface area (Å²) in [5.41, 5.74) is 7.48. The zero-order chi connectivity index (χ0) is 9.97. The Morgan fingerprint density at radius 3 is 3.00 bits per heavy atom. The number of nitrogens with zero attached hydrogens (tertiary/aromatic N) is 1. The molecule has 2 N–H and O–H groups in total. The largest absolute Gasteiger partial charge is 0.326 e. The molecular weight excluding hydrogens is 192 g/mol. The monoisotopic (exact) mass is 210 g/mol. The lowest BCUT2D eigenvalue weighted by Gasteiger charge is -2.27. The van der Waals surface area contributed by atoms with Crippen molar-refractivity contribution in [2.24, 2.45) is 5.73 Å². The molecule has 1 aliphatic rings. The minimum Gasteiger partial charge on any atom is -0.326 e. The zero-order valence-corrected chi connectivity index (χ0v) is 9.46. The third-order valence-electron chi connectivity index (χ3n) is 3.11. The lowest BCUT2D eigenvalue weighted by molar-refractivity contribution is 0.221. The first-order chi connectivity index (χ1) is 6.77. The highest BCUT2D eigenvalue weighted by molar-refractivity contribution is 7.07. The van der Waals surface area contributed by atoms with Gasteiger partial charge in [-0.3, -0.25) is 4.90 Å². The van der Waals surface area contributed by atoms with Crippen LogP contribution in [-0.4, -0.2) is 24.0 Å². The van der Waals surface area contributed by atoms with Crippen molar-refractivity contribution < 1.29 is 0 Å². The quantitative estimate of drug-likeness (QED) is 0.827. The van der Waals surface area contributed by atoms with Gasteiger partial charge < -0.3 is 5.73 Å². The van der Waals surface area contributed by atoms with Crippen molar-refractivity contribution in [1.29, 1.82) is 0 Å². The van der Waals surface area contributed by atoms with Gasteiger partial charge in [0.05, 0.1) is 0 Å². The Kier molecular flexibility index (Phi) is 3.21. The Morgan fingerprint density at radius 2 is 2.43 bits per heavy atom. The van der Waals surface area contributed by atoms with Crippen LogP contribution in [0.2, 0.25) is 0 Å². The molecule has 2 atom stereocenters. The predicted octanol–water partition coefficient (Wildman–Crippen LogP) is 2.06. The third-order valence-corrected chi connectivity index (χ3v) is 3.84.